The van der Waals surface area contributed by atoms with E-state index in [2.05, 4.69) is 0 Å². The van der Waals surface area contributed by atoms with Gasteiger partial charge in [0, 0.05) is 6.08 Å². The highest BCUT2D eigenvalue weighted by atomic mass is 32.2. The third kappa shape index (κ3) is 6.40. The van der Waals surface area contributed by atoms with Crippen molar-refractivity contribution >= 4 is 22.1 Å². The van der Waals surface area contributed by atoms with Crippen molar-refractivity contribution in [3.63, 3.8) is 0 Å². The van der Waals surface area contributed by atoms with Crippen LogP contribution >= 0.6 is 0 Å². The topological polar surface area (TPSA) is 95.7 Å². The van der Waals surface area contributed by atoms with Crippen molar-refractivity contribution in [2.45, 2.75) is 11.8 Å². The molecule has 0 saturated heterocycles. The molecule has 2 aromatic carbocycles. The smallest absolute Gasteiger partial charge is 0.330 e. The summed E-state index contributed by atoms with van der Waals surface area (Å²) in [5, 5.41) is 5.01. The summed E-state index contributed by atoms with van der Waals surface area (Å²) in [5.74, 6) is -0.00704. The number of hydrogen-bond donors (Lipinski definition) is 1. The molecular weight excluding hydrogens is 342 g/mol. The Hall–Kier alpha value is -2.64. The lowest BCUT2D eigenvalue weighted by molar-refractivity contribution is -0.138. The van der Waals surface area contributed by atoms with E-state index in [0.29, 0.717) is 5.75 Å². The minimum atomic E-state index is -3.72. The van der Waals surface area contributed by atoms with Gasteiger partial charge in [-0.15, -0.1) is 0 Å². The summed E-state index contributed by atoms with van der Waals surface area (Å²) in [6, 6.07) is 13.4. The SMILES string of the molecule is Cc1ccc(/C=C/C(=O)OCCOc2ccc(S(N)(=O)=O)cc2)cc1. The number of primary sulfonamides is 1. The minimum Gasteiger partial charge on any atom is -0.490 e. The van der Waals surface area contributed by atoms with Gasteiger partial charge in [0.1, 0.15) is 19.0 Å². The average molecular weight is 361 g/mol. The van der Waals surface area contributed by atoms with Crippen LogP contribution in [0.1, 0.15) is 11.1 Å². The number of ether oxygens (including phenoxy) is 2. The third-order valence-corrected chi connectivity index (χ3v) is 4.17. The van der Waals surface area contributed by atoms with E-state index in [0.717, 1.165) is 11.1 Å². The molecule has 0 aromatic heterocycles. The Bertz CT molecular complexity index is 840. The number of sulfonamides is 1. The summed E-state index contributed by atoms with van der Waals surface area (Å²) in [5.41, 5.74) is 2.06. The Morgan fingerprint density at radius 1 is 1.04 bits per heavy atom. The second-order valence-electron chi connectivity index (χ2n) is 5.28. The molecule has 0 heterocycles. The first-order chi connectivity index (χ1) is 11.8. The second kappa shape index (κ2) is 8.46. The highest BCUT2D eigenvalue weighted by molar-refractivity contribution is 7.89. The molecule has 0 fully saturated rings. The van der Waals surface area contributed by atoms with Crippen molar-refractivity contribution in [2.24, 2.45) is 5.14 Å². The largest absolute Gasteiger partial charge is 0.490 e. The first-order valence-corrected chi connectivity index (χ1v) is 9.06. The summed E-state index contributed by atoms with van der Waals surface area (Å²) in [7, 11) is -3.72. The zero-order valence-corrected chi connectivity index (χ0v) is 14.5. The van der Waals surface area contributed by atoms with Gasteiger partial charge in [-0.3, -0.25) is 0 Å². The molecule has 2 N–H and O–H groups in total. The maximum Gasteiger partial charge on any atom is 0.330 e. The van der Waals surface area contributed by atoms with Gasteiger partial charge in [-0.1, -0.05) is 29.8 Å². The molecule has 6 nitrogen and oxygen atoms in total. The summed E-state index contributed by atoms with van der Waals surface area (Å²) >= 11 is 0. The fourth-order valence-electron chi connectivity index (χ4n) is 1.92. The van der Waals surface area contributed by atoms with Crippen LogP contribution in [0.25, 0.3) is 6.08 Å². The van der Waals surface area contributed by atoms with Crippen molar-refractivity contribution in [3.05, 3.63) is 65.7 Å². The van der Waals surface area contributed by atoms with E-state index in [4.69, 9.17) is 14.6 Å². The van der Waals surface area contributed by atoms with Gasteiger partial charge in [0.25, 0.3) is 0 Å². The molecule has 132 valence electrons. The van der Waals surface area contributed by atoms with Gasteiger partial charge < -0.3 is 9.47 Å². The van der Waals surface area contributed by atoms with Crippen molar-refractivity contribution in [1.29, 1.82) is 0 Å². The molecule has 0 aliphatic rings. The van der Waals surface area contributed by atoms with Crippen LogP contribution in [0.5, 0.6) is 5.75 Å². The van der Waals surface area contributed by atoms with Crippen LogP contribution in [0.3, 0.4) is 0 Å². The molecule has 0 saturated carbocycles. The Morgan fingerprint density at radius 2 is 1.68 bits per heavy atom. The molecule has 0 spiro atoms. The number of hydrogen-bond acceptors (Lipinski definition) is 5. The standard InChI is InChI=1S/C18H19NO5S/c1-14-2-4-15(5-3-14)6-11-18(20)24-13-12-23-16-7-9-17(10-8-16)25(19,21)22/h2-11H,12-13H2,1H3,(H2,19,21,22)/b11-6+. The summed E-state index contributed by atoms with van der Waals surface area (Å²) < 4.78 is 32.6. The molecular formula is C18H19NO5S. The quantitative estimate of drug-likeness (QED) is 0.464. The third-order valence-electron chi connectivity index (χ3n) is 3.24. The van der Waals surface area contributed by atoms with Crippen LogP contribution in [0.4, 0.5) is 0 Å². The van der Waals surface area contributed by atoms with Crippen molar-refractivity contribution < 1.29 is 22.7 Å². The molecule has 25 heavy (non-hydrogen) atoms. The summed E-state index contributed by atoms with van der Waals surface area (Å²) in [6.45, 7) is 2.22. The van der Waals surface area contributed by atoms with E-state index in [1.165, 1.54) is 30.3 Å². The normalized spacial score (nSPS) is 11.4. The number of aryl methyl sites for hydroxylation is 1. The maximum atomic E-state index is 11.6. The Labute approximate surface area is 146 Å². The van der Waals surface area contributed by atoms with E-state index in [-0.39, 0.29) is 18.1 Å². The molecule has 7 heteroatoms. The van der Waals surface area contributed by atoms with Gasteiger partial charge in [-0.2, -0.15) is 0 Å². The Morgan fingerprint density at radius 3 is 2.28 bits per heavy atom. The van der Waals surface area contributed by atoms with Crippen LogP contribution in [-0.4, -0.2) is 27.6 Å². The highest BCUT2D eigenvalue weighted by Gasteiger charge is 2.07. The first-order valence-electron chi connectivity index (χ1n) is 7.52. The predicted octanol–water partition coefficient (Wildman–Crippen LogP) is 2.28. The van der Waals surface area contributed by atoms with Gasteiger partial charge in [0.05, 0.1) is 4.90 Å². The Kier molecular flexibility index (Phi) is 6.32. The van der Waals surface area contributed by atoms with E-state index < -0.39 is 16.0 Å². The summed E-state index contributed by atoms with van der Waals surface area (Å²) in [4.78, 5) is 11.6. The van der Waals surface area contributed by atoms with E-state index in [1.54, 1.807) is 6.08 Å². The number of esters is 1. The number of rotatable bonds is 7. The number of nitrogens with two attached hydrogens (primary N) is 1. The van der Waals surface area contributed by atoms with Crippen LogP contribution in [0, 0.1) is 6.92 Å². The maximum absolute atomic E-state index is 11.6. The molecule has 0 bridgehead atoms. The molecule has 2 aromatic rings. The molecule has 0 amide bonds. The van der Waals surface area contributed by atoms with Gasteiger partial charge >= 0.3 is 5.97 Å². The lowest BCUT2D eigenvalue weighted by Gasteiger charge is -2.07. The Balaban J connectivity index is 1.73. The van der Waals surface area contributed by atoms with Crippen molar-refractivity contribution in [3.8, 4) is 5.75 Å². The van der Waals surface area contributed by atoms with E-state index in [1.807, 2.05) is 31.2 Å². The first kappa shape index (κ1) is 18.7. The van der Waals surface area contributed by atoms with Gasteiger partial charge in [-0.05, 0) is 42.8 Å². The molecule has 0 aliphatic heterocycles. The van der Waals surface area contributed by atoms with Crippen LogP contribution < -0.4 is 9.88 Å². The van der Waals surface area contributed by atoms with Crippen LogP contribution in [0.2, 0.25) is 0 Å². The minimum absolute atomic E-state index is 0.00696. The predicted molar refractivity (Wildman–Crippen MR) is 94.5 cm³/mol. The molecule has 0 radical (unpaired) electrons. The van der Waals surface area contributed by atoms with Crippen molar-refractivity contribution in [2.75, 3.05) is 13.2 Å². The monoisotopic (exact) mass is 361 g/mol. The van der Waals surface area contributed by atoms with Crippen molar-refractivity contribution in [1.82, 2.24) is 0 Å². The molecule has 0 atom stereocenters. The molecule has 0 unspecified atom stereocenters. The zero-order valence-electron chi connectivity index (χ0n) is 13.7. The van der Waals surface area contributed by atoms with Gasteiger partial charge in [0.15, 0.2) is 0 Å². The average Bonchev–Trinajstić information content (AvgIpc) is 2.58. The lowest BCUT2D eigenvalue weighted by Crippen LogP contribution is -2.12. The number of carbonyl (C=O) groups excluding carboxylic acids is 1. The van der Waals surface area contributed by atoms with E-state index >= 15 is 0 Å². The summed E-state index contributed by atoms with van der Waals surface area (Å²) in [6.07, 6.45) is 3.03. The van der Waals surface area contributed by atoms with E-state index in [9.17, 15) is 13.2 Å². The van der Waals surface area contributed by atoms with Gasteiger partial charge in [0.2, 0.25) is 10.0 Å². The fourth-order valence-corrected chi connectivity index (χ4v) is 2.43. The second-order valence-corrected chi connectivity index (χ2v) is 6.84. The molecule has 0 aliphatic carbocycles. The molecule has 2 rings (SSSR count). The number of benzene rings is 2. The lowest BCUT2D eigenvalue weighted by atomic mass is 10.1. The van der Waals surface area contributed by atoms with Crippen LogP contribution in [0.15, 0.2) is 59.5 Å². The zero-order chi connectivity index (χ0) is 18.3. The highest BCUT2D eigenvalue weighted by Crippen LogP contribution is 2.14. The fraction of sp³-hybridized carbons (Fsp3) is 0.167. The van der Waals surface area contributed by atoms with Gasteiger partial charge in [-0.25, -0.2) is 18.4 Å². The number of carbonyl (C=O) groups is 1. The van der Waals surface area contributed by atoms with Crippen LogP contribution in [-0.2, 0) is 19.6 Å².